The Bertz CT molecular complexity index is 348. The van der Waals surface area contributed by atoms with E-state index in [1.807, 2.05) is 12.3 Å². The summed E-state index contributed by atoms with van der Waals surface area (Å²) in [6, 6.07) is 5.64. The van der Waals surface area contributed by atoms with Crippen molar-refractivity contribution in [1.82, 2.24) is 5.32 Å². The van der Waals surface area contributed by atoms with E-state index in [9.17, 15) is 4.39 Å². The third-order valence-electron chi connectivity index (χ3n) is 3.12. The second-order valence-electron chi connectivity index (χ2n) is 4.31. The van der Waals surface area contributed by atoms with Gasteiger partial charge in [0.05, 0.1) is 0 Å². The fraction of sp³-hybridized carbons (Fsp3) is 0.538. The molecule has 0 spiro atoms. The van der Waals surface area contributed by atoms with Crippen molar-refractivity contribution in [2.45, 2.75) is 36.6 Å². The van der Waals surface area contributed by atoms with Gasteiger partial charge in [-0.05, 0) is 55.8 Å². The smallest absolute Gasteiger partial charge is 0.123 e. The second-order valence-corrected chi connectivity index (χ2v) is 5.16. The van der Waals surface area contributed by atoms with Crippen LogP contribution in [0.2, 0.25) is 0 Å². The van der Waals surface area contributed by atoms with E-state index in [4.69, 9.17) is 0 Å². The molecule has 1 aromatic rings. The maximum absolute atomic E-state index is 13.2. The zero-order chi connectivity index (χ0) is 11.4. The van der Waals surface area contributed by atoms with Gasteiger partial charge in [0.1, 0.15) is 5.82 Å². The molecule has 0 aliphatic carbocycles. The molecule has 16 heavy (non-hydrogen) atoms. The van der Waals surface area contributed by atoms with Crippen molar-refractivity contribution in [3.63, 3.8) is 0 Å². The highest BCUT2D eigenvalue weighted by molar-refractivity contribution is 7.98. The van der Waals surface area contributed by atoms with Crippen LogP contribution in [0.15, 0.2) is 23.1 Å². The van der Waals surface area contributed by atoms with Gasteiger partial charge < -0.3 is 5.32 Å². The standard InChI is InChI=1S/C13H18FNS/c1-16-13-6-5-11(14)8-10(13)9-12-4-2-3-7-15-12/h5-6,8,12,15H,2-4,7,9H2,1H3. The topological polar surface area (TPSA) is 12.0 Å². The van der Waals surface area contributed by atoms with E-state index < -0.39 is 0 Å². The minimum absolute atomic E-state index is 0.122. The van der Waals surface area contributed by atoms with Crippen LogP contribution in [0.4, 0.5) is 4.39 Å². The molecule has 1 saturated heterocycles. The average molecular weight is 239 g/mol. The third kappa shape index (κ3) is 2.98. The van der Waals surface area contributed by atoms with Crippen LogP contribution >= 0.6 is 11.8 Å². The lowest BCUT2D eigenvalue weighted by Gasteiger charge is -2.24. The molecule has 1 nitrogen and oxygen atoms in total. The predicted octanol–water partition coefficient (Wildman–Crippen LogP) is 3.23. The van der Waals surface area contributed by atoms with E-state index in [2.05, 4.69) is 5.32 Å². The summed E-state index contributed by atoms with van der Waals surface area (Å²) in [5.41, 5.74) is 1.15. The zero-order valence-electron chi connectivity index (χ0n) is 9.63. The number of nitrogens with one attached hydrogen (secondary N) is 1. The molecule has 2 rings (SSSR count). The molecule has 0 saturated carbocycles. The maximum Gasteiger partial charge on any atom is 0.123 e. The summed E-state index contributed by atoms with van der Waals surface area (Å²) in [6.07, 6.45) is 6.78. The van der Waals surface area contributed by atoms with Crippen molar-refractivity contribution in [3.8, 4) is 0 Å². The molecule has 1 aliphatic rings. The molecular formula is C13H18FNS. The highest BCUT2D eigenvalue weighted by atomic mass is 32.2. The van der Waals surface area contributed by atoms with Gasteiger partial charge in [-0.2, -0.15) is 0 Å². The van der Waals surface area contributed by atoms with E-state index in [0.29, 0.717) is 6.04 Å². The molecule has 0 radical (unpaired) electrons. The van der Waals surface area contributed by atoms with E-state index in [1.54, 1.807) is 23.9 Å². The Labute approximate surface area is 101 Å². The SMILES string of the molecule is CSc1ccc(F)cc1CC1CCCCN1. The van der Waals surface area contributed by atoms with Crippen molar-refractivity contribution < 1.29 is 4.39 Å². The number of benzene rings is 1. The van der Waals surface area contributed by atoms with Crippen LogP contribution in [-0.4, -0.2) is 18.8 Å². The summed E-state index contributed by atoms with van der Waals surface area (Å²) in [5, 5.41) is 3.51. The van der Waals surface area contributed by atoms with Crippen molar-refractivity contribution in [2.24, 2.45) is 0 Å². The molecule has 1 atom stereocenters. The number of thioether (sulfide) groups is 1. The Balaban J connectivity index is 2.09. The lowest BCUT2D eigenvalue weighted by atomic mass is 9.98. The quantitative estimate of drug-likeness (QED) is 0.813. The van der Waals surface area contributed by atoms with Gasteiger partial charge in [0, 0.05) is 10.9 Å². The lowest BCUT2D eigenvalue weighted by Crippen LogP contribution is -2.35. The highest BCUT2D eigenvalue weighted by Gasteiger charge is 2.15. The Morgan fingerprint density at radius 1 is 1.44 bits per heavy atom. The summed E-state index contributed by atoms with van der Waals surface area (Å²) >= 11 is 1.70. The van der Waals surface area contributed by atoms with Gasteiger partial charge in [-0.15, -0.1) is 11.8 Å². The summed E-state index contributed by atoms with van der Waals surface area (Å²) in [5.74, 6) is -0.122. The monoisotopic (exact) mass is 239 g/mol. The molecule has 1 N–H and O–H groups in total. The number of piperidine rings is 1. The molecular weight excluding hydrogens is 221 g/mol. The number of hydrogen-bond donors (Lipinski definition) is 1. The van der Waals surface area contributed by atoms with Crippen LogP contribution in [0.25, 0.3) is 0 Å². The molecule has 0 aromatic heterocycles. The van der Waals surface area contributed by atoms with E-state index in [0.717, 1.165) is 18.5 Å². The van der Waals surface area contributed by atoms with Crippen molar-refractivity contribution in [3.05, 3.63) is 29.6 Å². The number of hydrogen-bond acceptors (Lipinski definition) is 2. The van der Waals surface area contributed by atoms with E-state index in [-0.39, 0.29) is 5.82 Å². The van der Waals surface area contributed by atoms with Crippen LogP contribution in [0, 0.1) is 5.82 Å². The van der Waals surface area contributed by atoms with Crippen LogP contribution in [0.3, 0.4) is 0 Å². The molecule has 3 heteroatoms. The third-order valence-corrected chi connectivity index (χ3v) is 3.96. The van der Waals surface area contributed by atoms with Crippen molar-refractivity contribution >= 4 is 11.8 Å². The highest BCUT2D eigenvalue weighted by Crippen LogP contribution is 2.24. The Hall–Kier alpha value is -0.540. The van der Waals surface area contributed by atoms with Gasteiger partial charge in [-0.25, -0.2) is 4.39 Å². The zero-order valence-corrected chi connectivity index (χ0v) is 10.4. The van der Waals surface area contributed by atoms with Gasteiger partial charge in [-0.1, -0.05) is 6.42 Å². The first kappa shape index (κ1) is 11.9. The minimum atomic E-state index is -0.122. The first-order valence-electron chi connectivity index (χ1n) is 5.85. The van der Waals surface area contributed by atoms with Gasteiger partial charge in [0.15, 0.2) is 0 Å². The fourth-order valence-electron chi connectivity index (χ4n) is 2.27. The summed E-state index contributed by atoms with van der Waals surface area (Å²) in [4.78, 5) is 1.20. The molecule has 1 aromatic carbocycles. The first-order chi connectivity index (χ1) is 7.79. The normalized spacial score (nSPS) is 21.0. The predicted molar refractivity (Wildman–Crippen MR) is 67.5 cm³/mol. The molecule has 1 fully saturated rings. The lowest BCUT2D eigenvalue weighted by molar-refractivity contribution is 0.397. The average Bonchev–Trinajstić information content (AvgIpc) is 2.31. The molecule has 1 heterocycles. The van der Waals surface area contributed by atoms with E-state index >= 15 is 0 Å². The van der Waals surface area contributed by atoms with Crippen LogP contribution in [-0.2, 0) is 6.42 Å². The fourth-order valence-corrected chi connectivity index (χ4v) is 2.88. The van der Waals surface area contributed by atoms with Crippen LogP contribution in [0.1, 0.15) is 24.8 Å². The molecule has 0 amide bonds. The molecule has 0 bridgehead atoms. The first-order valence-corrected chi connectivity index (χ1v) is 7.08. The number of halogens is 1. The molecule has 1 aliphatic heterocycles. The Kier molecular flexibility index (Phi) is 4.24. The van der Waals surface area contributed by atoms with Gasteiger partial charge >= 0.3 is 0 Å². The molecule has 1 unspecified atom stereocenters. The van der Waals surface area contributed by atoms with Crippen molar-refractivity contribution in [1.29, 1.82) is 0 Å². The van der Waals surface area contributed by atoms with E-state index in [1.165, 1.54) is 24.2 Å². The van der Waals surface area contributed by atoms with Crippen LogP contribution in [0.5, 0.6) is 0 Å². The Morgan fingerprint density at radius 3 is 3.00 bits per heavy atom. The van der Waals surface area contributed by atoms with Gasteiger partial charge in [0.2, 0.25) is 0 Å². The summed E-state index contributed by atoms with van der Waals surface area (Å²) in [6.45, 7) is 1.11. The Morgan fingerprint density at radius 2 is 2.31 bits per heavy atom. The largest absolute Gasteiger partial charge is 0.314 e. The second kappa shape index (κ2) is 5.69. The minimum Gasteiger partial charge on any atom is -0.314 e. The van der Waals surface area contributed by atoms with Gasteiger partial charge in [-0.3, -0.25) is 0 Å². The van der Waals surface area contributed by atoms with Crippen LogP contribution < -0.4 is 5.32 Å². The maximum atomic E-state index is 13.2. The van der Waals surface area contributed by atoms with Crippen molar-refractivity contribution in [2.75, 3.05) is 12.8 Å². The number of rotatable bonds is 3. The summed E-state index contributed by atoms with van der Waals surface area (Å²) in [7, 11) is 0. The van der Waals surface area contributed by atoms with Gasteiger partial charge in [0.25, 0.3) is 0 Å². The summed E-state index contributed by atoms with van der Waals surface area (Å²) < 4.78 is 13.2. The molecule has 88 valence electrons.